The fourth-order valence-electron chi connectivity index (χ4n) is 2.83. The number of imidazole rings is 1. The van der Waals surface area contributed by atoms with Crippen molar-refractivity contribution in [3.63, 3.8) is 0 Å². The lowest BCUT2D eigenvalue weighted by atomic mass is 10.1. The summed E-state index contributed by atoms with van der Waals surface area (Å²) in [6, 6.07) is 0.426. The smallest absolute Gasteiger partial charge is 0.105 e. The van der Waals surface area contributed by atoms with Crippen molar-refractivity contribution < 1.29 is 0 Å². The van der Waals surface area contributed by atoms with E-state index >= 15 is 0 Å². The number of aromatic nitrogens is 2. The van der Waals surface area contributed by atoms with Gasteiger partial charge in [-0.3, -0.25) is 4.90 Å². The molecule has 2 heterocycles. The molecule has 0 aromatic carbocycles. The molecule has 1 N–H and O–H groups in total. The van der Waals surface area contributed by atoms with Crippen molar-refractivity contribution in [3.05, 3.63) is 17.7 Å². The molecule has 0 spiro atoms. The van der Waals surface area contributed by atoms with E-state index in [4.69, 9.17) is 0 Å². The van der Waals surface area contributed by atoms with Crippen LogP contribution in [0.3, 0.4) is 0 Å². The largest absolute Gasteiger partial charge is 0.334 e. The minimum atomic E-state index is 0.426. The lowest BCUT2D eigenvalue weighted by molar-refractivity contribution is 0.0962. The van der Waals surface area contributed by atoms with Crippen LogP contribution in [0.2, 0.25) is 0 Å². The highest BCUT2D eigenvalue weighted by Crippen LogP contribution is 2.22. The summed E-state index contributed by atoms with van der Waals surface area (Å²) in [6.45, 7) is 11.1. The molecule has 1 unspecified atom stereocenters. The summed E-state index contributed by atoms with van der Waals surface area (Å²) in [5.74, 6) is 1.09. The van der Waals surface area contributed by atoms with Crippen LogP contribution in [-0.2, 0) is 7.05 Å². The Labute approximate surface area is 116 Å². The van der Waals surface area contributed by atoms with E-state index in [0.717, 1.165) is 32.0 Å². The highest BCUT2D eigenvalue weighted by molar-refractivity contribution is 5.10. The number of nitrogens with one attached hydrogen (secondary N) is 1. The maximum atomic E-state index is 4.44. The van der Waals surface area contributed by atoms with Gasteiger partial charge in [-0.2, -0.15) is 0 Å². The van der Waals surface area contributed by atoms with Gasteiger partial charge in [-0.25, -0.2) is 4.98 Å². The average molecular weight is 265 g/mol. The number of rotatable bonds is 5. The molecule has 1 aliphatic rings. The Morgan fingerprint density at radius 1 is 1.32 bits per heavy atom. The molecule has 5 heteroatoms. The van der Waals surface area contributed by atoms with Crippen LogP contribution in [0.5, 0.6) is 0 Å². The van der Waals surface area contributed by atoms with E-state index in [1.54, 1.807) is 0 Å². The van der Waals surface area contributed by atoms with Crippen LogP contribution in [0.15, 0.2) is 6.20 Å². The minimum Gasteiger partial charge on any atom is -0.334 e. The van der Waals surface area contributed by atoms with E-state index in [0.29, 0.717) is 6.04 Å². The van der Waals surface area contributed by atoms with Gasteiger partial charge in [0.2, 0.25) is 0 Å². The Morgan fingerprint density at radius 3 is 2.47 bits per heavy atom. The number of hydrogen-bond acceptors (Lipinski definition) is 4. The molecule has 1 aliphatic heterocycles. The van der Waals surface area contributed by atoms with E-state index in [2.05, 4.69) is 45.6 Å². The molecule has 1 fully saturated rings. The third-order valence-corrected chi connectivity index (χ3v) is 4.29. The van der Waals surface area contributed by atoms with E-state index in [1.807, 2.05) is 13.2 Å². The Hall–Kier alpha value is -0.910. The Bertz CT molecular complexity index is 393. The molecular formula is C14H27N5. The maximum absolute atomic E-state index is 4.44. The van der Waals surface area contributed by atoms with Gasteiger partial charge in [-0.05, 0) is 20.5 Å². The SMILES string of the molecule is CCN1CCN(C(CNC)c2cnc(C)n2C)CC1. The average Bonchev–Trinajstić information content (AvgIpc) is 2.77. The number of aryl methyl sites for hydroxylation is 1. The summed E-state index contributed by atoms with van der Waals surface area (Å²) in [6.07, 6.45) is 2.03. The summed E-state index contributed by atoms with van der Waals surface area (Å²) < 4.78 is 2.22. The van der Waals surface area contributed by atoms with Crippen molar-refractivity contribution in [2.45, 2.75) is 19.9 Å². The molecular weight excluding hydrogens is 238 g/mol. The van der Waals surface area contributed by atoms with Crippen LogP contribution in [0.4, 0.5) is 0 Å². The van der Waals surface area contributed by atoms with Gasteiger partial charge in [-0.1, -0.05) is 6.92 Å². The predicted molar refractivity (Wildman–Crippen MR) is 78.3 cm³/mol. The fraction of sp³-hybridized carbons (Fsp3) is 0.786. The van der Waals surface area contributed by atoms with Gasteiger partial charge < -0.3 is 14.8 Å². The van der Waals surface area contributed by atoms with Crippen molar-refractivity contribution in [2.24, 2.45) is 7.05 Å². The molecule has 0 saturated carbocycles. The van der Waals surface area contributed by atoms with Crippen LogP contribution >= 0.6 is 0 Å². The second-order valence-corrected chi connectivity index (χ2v) is 5.33. The number of piperazine rings is 1. The summed E-state index contributed by atoms with van der Waals surface area (Å²) in [7, 11) is 4.14. The molecule has 1 saturated heterocycles. The summed E-state index contributed by atoms with van der Waals surface area (Å²) in [5.41, 5.74) is 1.32. The van der Waals surface area contributed by atoms with Crippen LogP contribution in [0.1, 0.15) is 24.5 Å². The van der Waals surface area contributed by atoms with E-state index < -0.39 is 0 Å². The van der Waals surface area contributed by atoms with E-state index in [1.165, 1.54) is 18.8 Å². The molecule has 2 rings (SSSR count). The van der Waals surface area contributed by atoms with Crippen molar-refractivity contribution >= 4 is 0 Å². The third kappa shape index (κ3) is 3.16. The molecule has 0 aliphatic carbocycles. The molecule has 1 aromatic heterocycles. The maximum Gasteiger partial charge on any atom is 0.105 e. The fourth-order valence-corrected chi connectivity index (χ4v) is 2.83. The molecule has 1 atom stereocenters. The highest BCUT2D eigenvalue weighted by Gasteiger charge is 2.26. The van der Waals surface area contributed by atoms with Crippen LogP contribution < -0.4 is 5.32 Å². The highest BCUT2D eigenvalue weighted by atomic mass is 15.3. The first-order valence-corrected chi connectivity index (χ1v) is 7.26. The summed E-state index contributed by atoms with van der Waals surface area (Å²) in [5, 5.41) is 3.33. The van der Waals surface area contributed by atoms with Crippen molar-refractivity contribution in [1.82, 2.24) is 24.7 Å². The lowest BCUT2D eigenvalue weighted by Crippen LogP contribution is -2.49. The van der Waals surface area contributed by atoms with Gasteiger partial charge in [-0.15, -0.1) is 0 Å². The van der Waals surface area contributed by atoms with Crippen molar-refractivity contribution in [3.8, 4) is 0 Å². The number of likely N-dealkylation sites (N-methyl/N-ethyl adjacent to an activating group) is 2. The Kier molecular flexibility index (Phi) is 4.96. The number of hydrogen-bond donors (Lipinski definition) is 1. The number of nitrogens with zero attached hydrogens (tertiary/aromatic N) is 4. The van der Waals surface area contributed by atoms with Crippen LogP contribution in [-0.4, -0.2) is 65.7 Å². The van der Waals surface area contributed by atoms with E-state index in [-0.39, 0.29) is 0 Å². The summed E-state index contributed by atoms with van der Waals surface area (Å²) >= 11 is 0. The monoisotopic (exact) mass is 265 g/mol. The first-order valence-electron chi connectivity index (χ1n) is 7.26. The van der Waals surface area contributed by atoms with Crippen LogP contribution in [0.25, 0.3) is 0 Å². The molecule has 1 aromatic rings. The van der Waals surface area contributed by atoms with Crippen molar-refractivity contribution in [2.75, 3.05) is 46.3 Å². The summed E-state index contributed by atoms with van der Waals surface area (Å²) in [4.78, 5) is 9.54. The molecule has 0 bridgehead atoms. The molecule has 0 amide bonds. The Balaban J connectivity index is 2.10. The first-order chi connectivity index (χ1) is 9.17. The second-order valence-electron chi connectivity index (χ2n) is 5.33. The predicted octanol–water partition coefficient (Wildman–Crippen LogP) is 0.627. The van der Waals surface area contributed by atoms with Gasteiger partial charge in [0, 0.05) is 39.8 Å². The lowest BCUT2D eigenvalue weighted by Gasteiger charge is -2.39. The molecule has 19 heavy (non-hydrogen) atoms. The Morgan fingerprint density at radius 2 is 2.00 bits per heavy atom. The topological polar surface area (TPSA) is 36.3 Å². The standard InChI is InChI=1S/C14H27N5/c1-5-18-6-8-19(9-7-18)14(10-15-3)13-11-16-12(2)17(13)4/h11,14-15H,5-10H2,1-4H3. The molecule has 5 nitrogen and oxygen atoms in total. The second kappa shape index (κ2) is 6.50. The minimum absolute atomic E-state index is 0.426. The van der Waals surface area contributed by atoms with Gasteiger partial charge in [0.15, 0.2) is 0 Å². The zero-order valence-electron chi connectivity index (χ0n) is 12.7. The van der Waals surface area contributed by atoms with Gasteiger partial charge in [0.05, 0.1) is 17.9 Å². The van der Waals surface area contributed by atoms with Crippen molar-refractivity contribution in [1.29, 1.82) is 0 Å². The third-order valence-electron chi connectivity index (χ3n) is 4.29. The zero-order valence-corrected chi connectivity index (χ0v) is 12.7. The normalized spacial score (nSPS) is 19.8. The van der Waals surface area contributed by atoms with Gasteiger partial charge in [0.1, 0.15) is 5.82 Å². The van der Waals surface area contributed by atoms with E-state index in [9.17, 15) is 0 Å². The van der Waals surface area contributed by atoms with Gasteiger partial charge >= 0.3 is 0 Å². The van der Waals surface area contributed by atoms with Gasteiger partial charge in [0.25, 0.3) is 0 Å². The quantitative estimate of drug-likeness (QED) is 0.847. The molecule has 108 valence electrons. The van der Waals surface area contributed by atoms with Crippen LogP contribution in [0, 0.1) is 6.92 Å². The molecule has 0 radical (unpaired) electrons. The first kappa shape index (κ1) is 14.5. The zero-order chi connectivity index (χ0) is 13.8.